The Hall–Kier alpha value is -2.45. The van der Waals surface area contributed by atoms with Gasteiger partial charge < -0.3 is 9.47 Å². The summed E-state index contributed by atoms with van der Waals surface area (Å²) in [4.78, 5) is 4.10. The molecule has 10 heteroatoms. The molecule has 0 saturated heterocycles. The van der Waals surface area contributed by atoms with E-state index < -0.39 is 6.61 Å². The van der Waals surface area contributed by atoms with Gasteiger partial charge in [0, 0.05) is 17.8 Å². The highest BCUT2D eigenvalue weighted by atomic mass is 35.5. The SMILES string of the molecule is Cc1cc(Cl)cnc1OCc1cn(-c2ccc(Cl)c(OC(F)F)c2)nn1. The summed E-state index contributed by atoms with van der Waals surface area (Å²) in [5.74, 6) is 0.288. The Morgan fingerprint density at radius 1 is 1.23 bits per heavy atom. The van der Waals surface area contributed by atoms with Crippen molar-refractivity contribution >= 4 is 23.2 Å². The maximum Gasteiger partial charge on any atom is 0.387 e. The molecule has 1 aromatic carbocycles. The highest BCUT2D eigenvalue weighted by molar-refractivity contribution is 6.32. The van der Waals surface area contributed by atoms with Gasteiger partial charge in [0.25, 0.3) is 0 Å². The Morgan fingerprint density at radius 2 is 2.04 bits per heavy atom. The van der Waals surface area contributed by atoms with E-state index in [9.17, 15) is 8.78 Å². The van der Waals surface area contributed by atoms with Gasteiger partial charge in [-0.05, 0) is 25.1 Å². The smallest absolute Gasteiger partial charge is 0.387 e. The van der Waals surface area contributed by atoms with Crippen LogP contribution in [0.15, 0.2) is 36.7 Å². The zero-order chi connectivity index (χ0) is 18.7. The van der Waals surface area contributed by atoms with E-state index in [0.717, 1.165) is 5.56 Å². The van der Waals surface area contributed by atoms with Gasteiger partial charge in [-0.3, -0.25) is 0 Å². The number of nitrogens with zero attached hydrogens (tertiary/aromatic N) is 4. The van der Waals surface area contributed by atoms with Gasteiger partial charge in [0.1, 0.15) is 18.1 Å². The number of alkyl halides is 2. The first-order valence-corrected chi connectivity index (χ1v) is 8.09. The molecule has 0 spiro atoms. The van der Waals surface area contributed by atoms with Gasteiger partial charge in [0.05, 0.1) is 21.9 Å². The van der Waals surface area contributed by atoms with Crippen molar-refractivity contribution in [2.45, 2.75) is 20.1 Å². The van der Waals surface area contributed by atoms with Crippen molar-refractivity contribution in [3.63, 3.8) is 0 Å². The van der Waals surface area contributed by atoms with Gasteiger partial charge in [0.15, 0.2) is 0 Å². The normalized spacial score (nSPS) is 11.0. The molecule has 0 saturated carbocycles. The number of hydrogen-bond acceptors (Lipinski definition) is 5. The summed E-state index contributed by atoms with van der Waals surface area (Å²) in [6.45, 7) is -1.02. The molecule has 0 N–H and O–H groups in total. The van der Waals surface area contributed by atoms with Crippen LogP contribution in [0.1, 0.15) is 11.3 Å². The van der Waals surface area contributed by atoms with Crippen molar-refractivity contribution in [1.82, 2.24) is 20.0 Å². The number of ether oxygens (including phenoxy) is 2. The second-order valence-electron chi connectivity index (χ2n) is 5.21. The molecule has 6 nitrogen and oxygen atoms in total. The molecule has 0 bridgehead atoms. The van der Waals surface area contributed by atoms with E-state index in [1.807, 2.05) is 6.92 Å². The monoisotopic (exact) mass is 400 g/mol. The molecule has 0 unspecified atom stereocenters. The molecule has 3 aromatic rings. The number of benzene rings is 1. The van der Waals surface area contributed by atoms with Crippen LogP contribution in [-0.4, -0.2) is 26.6 Å². The summed E-state index contributed by atoms with van der Waals surface area (Å²) >= 11 is 11.7. The fourth-order valence-electron chi connectivity index (χ4n) is 2.13. The lowest BCUT2D eigenvalue weighted by molar-refractivity contribution is -0.0497. The average Bonchev–Trinajstić information content (AvgIpc) is 3.04. The van der Waals surface area contributed by atoms with E-state index in [4.69, 9.17) is 27.9 Å². The molecule has 0 radical (unpaired) electrons. The minimum absolute atomic E-state index is 0.0713. The van der Waals surface area contributed by atoms with Crippen molar-refractivity contribution in [2.24, 2.45) is 0 Å². The minimum atomic E-state index is -2.97. The van der Waals surface area contributed by atoms with Crippen molar-refractivity contribution in [1.29, 1.82) is 0 Å². The van der Waals surface area contributed by atoms with Crippen LogP contribution in [-0.2, 0) is 6.61 Å². The molecule has 26 heavy (non-hydrogen) atoms. The van der Waals surface area contributed by atoms with Crippen LogP contribution in [0.2, 0.25) is 10.0 Å². The molecule has 2 aromatic heterocycles. The second-order valence-corrected chi connectivity index (χ2v) is 6.06. The Morgan fingerprint density at radius 3 is 2.77 bits per heavy atom. The Bertz CT molecular complexity index is 921. The maximum atomic E-state index is 12.4. The van der Waals surface area contributed by atoms with E-state index in [-0.39, 0.29) is 17.4 Å². The van der Waals surface area contributed by atoms with Crippen molar-refractivity contribution in [2.75, 3.05) is 0 Å². The van der Waals surface area contributed by atoms with Gasteiger partial charge in [-0.25, -0.2) is 9.67 Å². The number of hydrogen-bond donors (Lipinski definition) is 0. The summed E-state index contributed by atoms with van der Waals surface area (Å²) in [5.41, 5.74) is 1.77. The fraction of sp³-hybridized carbons (Fsp3) is 0.188. The molecule has 0 atom stereocenters. The van der Waals surface area contributed by atoms with Crippen LogP contribution < -0.4 is 9.47 Å². The number of halogens is 4. The topological polar surface area (TPSA) is 62.1 Å². The molecule has 0 amide bonds. The molecule has 136 valence electrons. The summed E-state index contributed by atoms with van der Waals surface area (Å²) < 4.78 is 36.2. The molecule has 0 fully saturated rings. The number of aryl methyl sites for hydroxylation is 1. The van der Waals surface area contributed by atoms with E-state index >= 15 is 0 Å². The van der Waals surface area contributed by atoms with E-state index in [0.29, 0.717) is 22.3 Å². The molecule has 0 aliphatic rings. The third kappa shape index (κ3) is 4.39. The zero-order valence-corrected chi connectivity index (χ0v) is 14.9. The molecule has 2 heterocycles. The lowest BCUT2D eigenvalue weighted by Gasteiger charge is -2.08. The fourth-order valence-corrected chi connectivity index (χ4v) is 2.51. The van der Waals surface area contributed by atoms with Crippen molar-refractivity contribution in [3.8, 4) is 17.3 Å². The number of pyridine rings is 1. The van der Waals surface area contributed by atoms with Crippen LogP contribution in [0.5, 0.6) is 11.6 Å². The highest BCUT2D eigenvalue weighted by Gasteiger charge is 2.12. The Balaban J connectivity index is 1.73. The quantitative estimate of drug-likeness (QED) is 0.611. The molecule has 0 aliphatic heterocycles. The maximum absolute atomic E-state index is 12.4. The van der Waals surface area contributed by atoms with Crippen LogP contribution in [0, 0.1) is 6.92 Å². The van der Waals surface area contributed by atoms with Crippen LogP contribution >= 0.6 is 23.2 Å². The van der Waals surface area contributed by atoms with E-state index in [2.05, 4.69) is 20.0 Å². The van der Waals surface area contributed by atoms with Crippen LogP contribution in [0.3, 0.4) is 0 Å². The first-order chi connectivity index (χ1) is 12.4. The van der Waals surface area contributed by atoms with Gasteiger partial charge in [-0.2, -0.15) is 8.78 Å². The summed E-state index contributed by atoms with van der Waals surface area (Å²) in [6, 6.07) is 6.12. The predicted molar refractivity (Wildman–Crippen MR) is 91.3 cm³/mol. The predicted octanol–water partition coefficient (Wildman–Crippen LogP) is 4.46. The first-order valence-electron chi connectivity index (χ1n) is 7.33. The van der Waals surface area contributed by atoms with Gasteiger partial charge in [-0.15, -0.1) is 5.10 Å². The van der Waals surface area contributed by atoms with E-state index in [1.165, 1.54) is 23.0 Å². The first kappa shape index (κ1) is 18.3. The third-order valence-corrected chi connectivity index (χ3v) is 3.81. The van der Waals surface area contributed by atoms with Crippen LogP contribution in [0.4, 0.5) is 8.78 Å². The highest BCUT2D eigenvalue weighted by Crippen LogP contribution is 2.28. The standard InChI is InChI=1S/C16H12Cl2F2N4O2/c1-9-4-10(17)6-21-15(9)25-8-11-7-24(23-22-11)12-2-3-13(18)14(5-12)26-16(19)20/h2-7,16H,8H2,1H3. The molecular weight excluding hydrogens is 389 g/mol. The summed E-state index contributed by atoms with van der Waals surface area (Å²) in [6.07, 6.45) is 3.08. The second kappa shape index (κ2) is 7.84. The van der Waals surface area contributed by atoms with E-state index in [1.54, 1.807) is 18.3 Å². The Kier molecular flexibility index (Phi) is 5.53. The summed E-state index contributed by atoms with van der Waals surface area (Å²) in [5, 5.41) is 8.51. The lowest BCUT2D eigenvalue weighted by Crippen LogP contribution is -2.03. The average molecular weight is 401 g/mol. The van der Waals surface area contributed by atoms with Gasteiger partial charge >= 0.3 is 6.61 Å². The number of aromatic nitrogens is 4. The molecule has 3 rings (SSSR count). The summed E-state index contributed by atoms with van der Waals surface area (Å²) in [7, 11) is 0. The van der Waals surface area contributed by atoms with Crippen molar-refractivity contribution < 1.29 is 18.3 Å². The van der Waals surface area contributed by atoms with Crippen molar-refractivity contribution in [3.05, 3.63) is 58.0 Å². The lowest BCUT2D eigenvalue weighted by atomic mass is 10.3. The molecule has 0 aliphatic carbocycles. The van der Waals surface area contributed by atoms with Crippen LogP contribution in [0.25, 0.3) is 5.69 Å². The Labute approximate surface area is 157 Å². The zero-order valence-electron chi connectivity index (χ0n) is 13.4. The largest absolute Gasteiger partial charge is 0.471 e. The minimum Gasteiger partial charge on any atom is -0.471 e. The number of rotatable bonds is 6. The molecular formula is C16H12Cl2F2N4O2. The van der Waals surface area contributed by atoms with Gasteiger partial charge in [0.2, 0.25) is 5.88 Å². The third-order valence-electron chi connectivity index (χ3n) is 3.29. The van der Waals surface area contributed by atoms with Gasteiger partial charge in [-0.1, -0.05) is 28.4 Å².